The van der Waals surface area contributed by atoms with Crippen molar-refractivity contribution in [3.05, 3.63) is 62.7 Å². The van der Waals surface area contributed by atoms with Gasteiger partial charge in [0.05, 0.1) is 21.4 Å². The van der Waals surface area contributed by atoms with Crippen LogP contribution in [0, 0.1) is 30.9 Å². The largest absolute Gasteiger partial charge is 0.418 e. The van der Waals surface area contributed by atoms with Crippen molar-refractivity contribution < 1.29 is 22.9 Å². The third-order valence-electron chi connectivity index (χ3n) is 4.05. The number of alkyl halides is 3. The second-order valence-corrected chi connectivity index (χ2v) is 7.81. The van der Waals surface area contributed by atoms with Gasteiger partial charge in [-0.2, -0.15) is 13.2 Å². The molecule has 2 aromatic carbocycles. The van der Waals surface area contributed by atoms with E-state index < -0.39 is 39.2 Å². The van der Waals surface area contributed by atoms with Crippen molar-refractivity contribution in [3.8, 4) is 0 Å². The van der Waals surface area contributed by atoms with Crippen LogP contribution in [0.25, 0.3) is 0 Å². The number of amides is 1. The Morgan fingerprint density at radius 3 is 2.21 bits per heavy atom. The van der Waals surface area contributed by atoms with Gasteiger partial charge in [0, 0.05) is 17.0 Å². The molecule has 2 aromatic rings. The number of thioether (sulfide) groups is 1. The van der Waals surface area contributed by atoms with Gasteiger partial charge < -0.3 is 5.32 Å². The second kappa shape index (κ2) is 8.22. The molecule has 0 bridgehead atoms. The molecule has 0 saturated heterocycles. The number of aryl methyl sites for hydroxylation is 3. The van der Waals surface area contributed by atoms with Gasteiger partial charge in [0.15, 0.2) is 0 Å². The Hall–Kier alpha value is -2.55. The van der Waals surface area contributed by atoms with Crippen LogP contribution < -0.4 is 5.32 Å². The number of nitrogens with zero attached hydrogens (tertiary/aromatic N) is 1. The number of rotatable bonds is 5. The molecule has 0 aromatic heterocycles. The average molecular weight is 412 g/mol. The minimum Gasteiger partial charge on any atom is -0.325 e. The minimum absolute atomic E-state index is 0.418. The predicted molar refractivity (Wildman–Crippen MR) is 103 cm³/mol. The summed E-state index contributed by atoms with van der Waals surface area (Å²) in [6.45, 7) is 7.37. The first kappa shape index (κ1) is 21.7. The predicted octanol–water partition coefficient (Wildman–Crippen LogP) is 5.66. The van der Waals surface area contributed by atoms with Crippen LogP contribution >= 0.6 is 11.8 Å². The van der Waals surface area contributed by atoms with Crippen LogP contribution in [0.5, 0.6) is 0 Å². The Balaban J connectivity index is 2.26. The molecule has 0 fully saturated rings. The summed E-state index contributed by atoms with van der Waals surface area (Å²) in [6, 6.07) is 6.19. The fourth-order valence-electron chi connectivity index (χ4n) is 2.81. The van der Waals surface area contributed by atoms with E-state index in [9.17, 15) is 28.1 Å². The third-order valence-corrected chi connectivity index (χ3v) is 5.49. The van der Waals surface area contributed by atoms with E-state index in [1.54, 1.807) is 6.92 Å². The van der Waals surface area contributed by atoms with Gasteiger partial charge in [-0.1, -0.05) is 17.7 Å². The monoisotopic (exact) mass is 412 g/mol. The zero-order valence-corrected chi connectivity index (χ0v) is 16.5. The number of hydrogen-bond donors (Lipinski definition) is 1. The van der Waals surface area contributed by atoms with Crippen LogP contribution in [0.3, 0.4) is 0 Å². The molecule has 150 valence electrons. The van der Waals surface area contributed by atoms with E-state index in [2.05, 4.69) is 5.32 Å². The summed E-state index contributed by atoms with van der Waals surface area (Å²) in [6.07, 6.45) is -4.84. The summed E-state index contributed by atoms with van der Waals surface area (Å²) in [5, 5.41) is 12.3. The van der Waals surface area contributed by atoms with Crippen LogP contribution in [-0.4, -0.2) is 16.1 Å². The maximum Gasteiger partial charge on any atom is 0.418 e. The molecule has 0 unspecified atom stereocenters. The zero-order valence-electron chi connectivity index (χ0n) is 15.7. The Labute approximate surface area is 164 Å². The van der Waals surface area contributed by atoms with E-state index in [0.717, 1.165) is 33.7 Å². The van der Waals surface area contributed by atoms with Crippen molar-refractivity contribution in [1.82, 2.24) is 0 Å². The molecule has 1 amide bonds. The molecule has 2 rings (SSSR count). The number of nitro groups is 1. The number of nitro benzene ring substituents is 1. The van der Waals surface area contributed by atoms with Crippen LogP contribution in [-0.2, 0) is 11.0 Å². The van der Waals surface area contributed by atoms with E-state index in [4.69, 9.17) is 0 Å². The first-order chi connectivity index (χ1) is 12.9. The van der Waals surface area contributed by atoms with E-state index in [-0.39, 0.29) is 0 Å². The van der Waals surface area contributed by atoms with Gasteiger partial charge in [-0.05, 0) is 44.9 Å². The summed E-state index contributed by atoms with van der Waals surface area (Å²) in [4.78, 5) is 23.2. The van der Waals surface area contributed by atoms with E-state index in [0.29, 0.717) is 6.07 Å². The summed E-state index contributed by atoms with van der Waals surface area (Å²) >= 11 is 1.25. The number of anilines is 1. The molecule has 0 radical (unpaired) electrons. The highest BCUT2D eigenvalue weighted by Gasteiger charge is 2.36. The van der Waals surface area contributed by atoms with Crippen molar-refractivity contribution in [3.63, 3.8) is 0 Å². The highest BCUT2D eigenvalue weighted by molar-refractivity contribution is 8.00. The summed E-state index contributed by atoms with van der Waals surface area (Å²) in [5.74, 6) is -0.622. The lowest BCUT2D eigenvalue weighted by Gasteiger charge is -2.18. The normalized spacial score (nSPS) is 12.5. The lowest BCUT2D eigenvalue weighted by atomic mass is 10.1. The maximum atomic E-state index is 13.3. The molecule has 0 heterocycles. The Morgan fingerprint density at radius 1 is 1.14 bits per heavy atom. The van der Waals surface area contributed by atoms with Gasteiger partial charge in [-0.15, -0.1) is 11.8 Å². The molecule has 1 atom stereocenters. The molecule has 0 saturated carbocycles. The Morgan fingerprint density at radius 2 is 1.71 bits per heavy atom. The van der Waals surface area contributed by atoms with Crippen molar-refractivity contribution in [2.75, 3.05) is 5.32 Å². The number of nitrogens with one attached hydrogen (secondary N) is 1. The number of carbonyl (C=O) groups excluding carboxylic acids is 1. The quantitative estimate of drug-likeness (QED) is 0.391. The Kier molecular flexibility index (Phi) is 6.38. The fourth-order valence-corrected chi connectivity index (χ4v) is 3.82. The highest BCUT2D eigenvalue weighted by Crippen LogP contribution is 2.38. The average Bonchev–Trinajstić information content (AvgIpc) is 2.56. The van der Waals surface area contributed by atoms with Gasteiger partial charge in [-0.25, -0.2) is 0 Å². The van der Waals surface area contributed by atoms with Gasteiger partial charge in [-0.3, -0.25) is 14.9 Å². The summed E-state index contributed by atoms with van der Waals surface area (Å²) in [5.41, 5.74) is 0.584. The van der Waals surface area contributed by atoms with Crippen molar-refractivity contribution in [1.29, 1.82) is 0 Å². The first-order valence-electron chi connectivity index (χ1n) is 8.31. The smallest absolute Gasteiger partial charge is 0.325 e. The van der Waals surface area contributed by atoms with Crippen molar-refractivity contribution in [2.45, 2.75) is 44.0 Å². The number of benzene rings is 2. The number of non-ortho nitro benzene ring substituents is 1. The lowest BCUT2D eigenvalue weighted by molar-refractivity contribution is -0.385. The number of carbonyl (C=O) groups is 1. The molecule has 0 aliphatic rings. The molecule has 9 heteroatoms. The van der Waals surface area contributed by atoms with E-state index in [1.807, 2.05) is 32.9 Å². The number of halogens is 3. The van der Waals surface area contributed by atoms with Crippen LogP contribution in [0.2, 0.25) is 0 Å². The minimum atomic E-state index is -4.84. The van der Waals surface area contributed by atoms with Gasteiger partial charge in [0.2, 0.25) is 5.91 Å². The maximum absolute atomic E-state index is 13.3. The molecule has 28 heavy (non-hydrogen) atoms. The number of hydrogen-bond acceptors (Lipinski definition) is 4. The highest BCUT2D eigenvalue weighted by atomic mass is 32.2. The lowest BCUT2D eigenvalue weighted by Crippen LogP contribution is -2.24. The SMILES string of the molecule is Cc1cc(C)c(S[C@H](C)C(=O)Nc2ccc([N+](=O)[O-])cc2C(F)(F)F)c(C)c1. The standard InChI is InChI=1S/C19H19F3N2O3S/c1-10-7-11(2)17(12(3)8-10)28-13(4)18(25)23-16-6-5-14(24(26)27)9-15(16)19(20,21)22/h5-9,13H,1-4H3,(H,23,25)/t13-/m1/s1. The van der Waals surface area contributed by atoms with Crippen LogP contribution in [0.1, 0.15) is 29.2 Å². The Bertz CT molecular complexity index is 906. The van der Waals surface area contributed by atoms with Crippen molar-refractivity contribution >= 4 is 29.0 Å². The first-order valence-corrected chi connectivity index (χ1v) is 9.19. The molecule has 5 nitrogen and oxygen atoms in total. The summed E-state index contributed by atoms with van der Waals surface area (Å²) < 4.78 is 39.8. The third kappa shape index (κ3) is 5.03. The molecule has 0 aliphatic carbocycles. The topological polar surface area (TPSA) is 72.2 Å². The van der Waals surface area contributed by atoms with Crippen molar-refractivity contribution in [2.24, 2.45) is 0 Å². The molecular weight excluding hydrogens is 393 g/mol. The molecule has 0 spiro atoms. The summed E-state index contributed by atoms with van der Waals surface area (Å²) in [7, 11) is 0. The second-order valence-electron chi connectivity index (χ2n) is 6.46. The van der Waals surface area contributed by atoms with Gasteiger partial charge >= 0.3 is 6.18 Å². The van der Waals surface area contributed by atoms with E-state index >= 15 is 0 Å². The molecule has 1 N–H and O–H groups in total. The molecular formula is C19H19F3N2O3S. The van der Waals surface area contributed by atoms with Crippen LogP contribution in [0.4, 0.5) is 24.5 Å². The zero-order chi connectivity index (χ0) is 21.2. The van der Waals surface area contributed by atoms with E-state index in [1.165, 1.54) is 11.8 Å². The van der Waals surface area contributed by atoms with Crippen LogP contribution in [0.15, 0.2) is 35.2 Å². The fraction of sp³-hybridized carbons (Fsp3) is 0.316. The van der Waals surface area contributed by atoms with Gasteiger partial charge in [0.1, 0.15) is 0 Å². The van der Waals surface area contributed by atoms with Gasteiger partial charge in [0.25, 0.3) is 5.69 Å². The molecule has 0 aliphatic heterocycles.